The lowest BCUT2D eigenvalue weighted by Crippen LogP contribution is -2.54. The number of hydrogen-bond donors (Lipinski definition) is 3. The van der Waals surface area contributed by atoms with Crippen molar-refractivity contribution >= 4 is 0 Å². The van der Waals surface area contributed by atoms with E-state index in [0.29, 0.717) is 0 Å². The summed E-state index contributed by atoms with van der Waals surface area (Å²) in [6, 6.07) is 6.21. The first kappa shape index (κ1) is 18.2. The van der Waals surface area contributed by atoms with Crippen LogP contribution in [-0.4, -0.2) is 35.6 Å². The van der Waals surface area contributed by atoms with E-state index < -0.39 is 5.54 Å². The van der Waals surface area contributed by atoms with Crippen molar-refractivity contribution in [2.24, 2.45) is 11.7 Å². The molecule has 0 fully saturated rings. The SMILES string of the molecule is CCCCCCCOc1ccc2c(c1)CC(C(N)(CO)CO)C2. The summed E-state index contributed by atoms with van der Waals surface area (Å²) in [4.78, 5) is 0. The van der Waals surface area contributed by atoms with Crippen molar-refractivity contribution in [3.8, 4) is 5.75 Å². The van der Waals surface area contributed by atoms with Crippen LogP contribution in [0.1, 0.15) is 50.2 Å². The monoisotopic (exact) mass is 321 g/mol. The molecule has 0 heterocycles. The molecule has 4 N–H and O–H groups in total. The summed E-state index contributed by atoms with van der Waals surface area (Å²) in [5.41, 5.74) is 7.71. The van der Waals surface area contributed by atoms with Gasteiger partial charge < -0.3 is 20.7 Å². The number of nitrogens with two attached hydrogens (primary N) is 1. The second kappa shape index (κ2) is 8.67. The normalized spacial score (nSPS) is 17.3. The highest BCUT2D eigenvalue weighted by molar-refractivity contribution is 5.40. The van der Waals surface area contributed by atoms with Gasteiger partial charge in [-0.2, -0.15) is 0 Å². The van der Waals surface area contributed by atoms with Crippen LogP contribution >= 0.6 is 0 Å². The first-order chi connectivity index (χ1) is 11.1. The zero-order valence-electron chi connectivity index (χ0n) is 14.3. The molecule has 1 aromatic carbocycles. The average Bonchev–Trinajstić information content (AvgIpc) is 3.01. The second-order valence-electron chi connectivity index (χ2n) is 6.85. The lowest BCUT2D eigenvalue weighted by molar-refractivity contribution is 0.0783. The maximum absolute atomic E-state index is 9.47. The first-order valence-electron chi connectivity index (χ1n) is 8.88. The number of hydrogen-bond acceptors (Lipinski definition) is 4. The van der Waals surface area contributed by atoms with Crippen LogP contribution in [0.5, 0.6) is 5.75 Å². The van der Waals surface area contributed by atoms with Crippen molar-refractivity contribution in [3.05, 3.63) is 29.3 Å². The van der Waals surface area contributed by atoms with Crippen molar-refractivity contribution in [2.75, 3.05) is 19.8 Å². The van der Waals surface area contributed by atoms with Crippen molar-refractivity contribution < 1.29 is 14.9 Å². The maximum Gasteiger partial charge on any atom is 0.119 e. The summed E-state index contributed by atoms with van der Waals surface area (Å²) in [5.74, 6) is 0.993. The smallest absolute Gasteiger partial charge is 0.119 e. The van der Waals surface area contributed by atoms with Gasteiger partial charge >= 0.3 is 0 Å². The molecule has 130 valence electrons. The molecule has 1 aliphatic rings. The van der Waals surface area contributed by atoms with Gasteiger partial charge in [-0.05, 0) is 48.4 Å². The minimum atomic E-state index is -0.903. The Kier molecular flexibility index (Phi) is 6.88. The fraction of sp³-hybridized carbons (Fsp3) is 0.684. The van der Waals surface area contributed by atoms with E-state index in [2.05, 4.69) is 19.1 Å². The molecule has 0 saturated heterocycles. The average molecular weight is 321 g/mol. The van der Waals surface area contributed by atoms with E-state index in [0.717, 1.165) is 31.6 Å². The highest BCUT2D eigenvalue weighted by atomic mass is 16.5. The van der Waals surface area contributed by atoms with Crippen LogP contribution < -0.4 is 10.5 Å². The number of fused-ring (bicyclic) bond motifs is 1. The van der Waals surface area contributed by atoms with E-state index >= 15 is 0 Å². The van der Waals surface area contributed by atoms with Crippen LogP contribution in [0.15, 0.2) is 18.2 Å². The number of aliphatic hydroxyl groups excluding tert-OH is 2. The number of ether oxygens (including phenoxy) is 1. The molecule has 0 saturated carbocycles. The summed E-state index contributed by atoms with van der Waals surface area (Å²) < 4.78 is 5.85. The predicted molar refractivity (Wildman–Crippen MR) is 92.7 cm³/mol. The minimum Gasteiger partial charge on any atom is -0.494 e. The van der Waals surface area contributed by atoms with Gasteiger partial charge in [-0.1, -0.05) is 38.7 Å². The Bertz CT molecular complexity index is 486. The third-order valence-electron chi connectivity index (χ3n) is 5.03. The minimum absolute atomic E-state index is 0.0804. The molecule has 23 heavy (non-hydrogen) atoms. The number of benzene rings is 1. The molecule has 2 rings (SSSR count). The topological polar surface area (TPSA) is 75.7 Å². The van der Waals surface area contributed by atoms with Gasteiger partial charge in [0, 0.05) is 0 Å². The zero-order chi connectivity index (χ0) is 16.7. The third-order valence-corrected chi connectivity index (χ3v) is 5.03. The van der Waals surface area contributed by atoms with E-state index in [1.807, 2.05) is 6.07 Å². The van der Waals surface area contributed by atoms with Gasteiger partial charge in [0.2, 0.25) is 0 Å². The summed E-state index contributed by atoms with van der Waals surface area (Å²) >= 11 is 0. The van der Waals surface area contributed by atoms with Crippen molar-refractivity contribution in [3.63, 3.8) is 0 Å². The molecule has 4 nitrogen and oxygen atoms in total. The molecule has 0 radical (unpaired) electrons. The fourth-order valence-corrected chi connectivity index (χ4v) is 3.29. The fourth-order valence-electron chi connectivity index (χ4n) is 3.29. The Morgan fingerprint density at radius 3 is 2.48 bits per heavy atom. The number of unbranched alkanes of at least 4 members (excludes halogenated alkanes) is 4. The van der Waals surface area contributed by atoms with Crippen molar-refractivity contribution in [2.45, 2.75) is 57.4 Å². The van der Waals surface area contributed by atoms with Gasteiger partial charge in [0.05, 0.1) is 25.4 Å². The van der Waals surface area contributed by atoms with Gasteiger partial charge in [-0.3, -0.25) is 0 Å². The van der Waals surface area contributed by atoms with Gasteiger partial charge in [-0.15, -0.1) is 0 Å². The Hall–Kier alpha value is -1.10. The van der Waals surface area contributed by atoms with Crippen LogP contribution in [0.4, 0.5) is 0 Å². The summed E-state index contributed by atoms with van der Waals surface area (Å²) in [7, 11) is 0. The molecule has 0 amide bonds. The molecule has 1 unspecified atom stereocenters. The van der Waals surface area contributed by atoms with E-state index in [-0.39, 0.29) is 19.1 Å². The molecule has 1 atom stereocenters. The molecule has 0 aromatic heterocycles. The summed E-state index contributed by atoms with van der Waals surface area (Å²) in [6.07, 6.45) is 7.77. The Balaban J connectivity index is 1.85. The van der Waals surface area contributed by atoms with Crippen LogP contribution in [-0.2, 0) is 12.8 Å². The van der Waals surface area contributed by atoms with E-state index in [1.54, 1.807) is 0 Å². The summed E-state index contributed by atoms with van der Waals surface area (Å²) in [6.45, 7) is 2.60. The molecular formula is C19H31NO3. The Morgan fingerprint density at radius 2 is 1.78 bits per heavy atom. The predicted octanol–water partition coefficient (Wildman–Crippen LogP) is 2.43. The van der Waals surface area contributed by atoms with Crippen molar-refractivity contribution in [1.82, 2.24) is 0 Å². The lowest BCUT2D eigenvalue weighted by atomic mass is 9.84. The van der Waals surface area contributed by atoms with Gasteiger partial charge in [-0.25, -0.2) is 0 Å². The van der Waals surface area contributed by atoms with Crippen LogP contribution in [0.2, 0.25) is 0 Å². The largest absolute Gasteiger partial charge is 0.494 e. The molecule has 0 spiro atoms. The van der Waals surface area contributed by atoms with Crippen molar-refractivity contribution in [1.29, 1.82) is 0 Å². The zero-order valence-corrected chi connectivity index (χ0v) is 14.3. The van der Waals surface area contributed by atoms with Gasteiger partial charge in [0.1, 0.15) is 5.75 Å². The van der Waals surface area contributed by atoms with E-state index in [4.69, 9.17) is 10.5 Å². The van der Waals surface area contributed by atoms with Gasteiger partial charge in [0.15, 0.2) is 0 Å². The van der Waals surface area contributed by atoms with Gasteiger partial charge in [0.25, 0.3) is 0 Å². The van der Waals surface area contributed by atoms with E-state index in [1.165, 1.54) is 36.8 Å². The first-order valence-corrected chi connectivity index (χ1v) is 8.88. The number of rotatable bonds is 10. The van der Waals surface area contributed by atoms with Crippen LogP contribution in [0.3, 0.4) is 0 Å². The molecule has 0 bridgehead atoms. The number of aliphatic hydroxyl groups is 2. The van der Waals surface area contributed by atoms with Crippen LogP contribution in [0.25, 0.3) is 0 Å². The molecule has 1 aliphatic carbocycles. The molecule has 1 aromatic rings. The Labute approximate surface area is 139 Å². The Morgan fingerprint density at radius 1 is 1.09 bits per heavy atom. The highest BCUT2D eigenvalue weighted by Gasteiger charge is 2.38. The lowest BCUT2D eigenvalue weighted by Gasteiger charge is -2.31. The maximum atomic E-state index is 9.47. The van der Waals surface area contributed by atoms with Crippen LogP contribution in [0, 0.1) is 5.92 Å². The molecule has 0 aliphatic heterocycles. The quantitative estimate of drug-likeness (QED) is 0.579. The molecular weight excluding hydrogens is 290 g/mol. The molecule has 4 heteroatoms. The van der Waals surface area contributed by atoms with E-state index in [9.17, 15) is 10.2 Å². The standard InChI is InChI=1S/C19H31NO3/c1-2-3-4-5-6-9-23-18-8-7-15-10-17(11-16(15)12-18)19(20,13-21)14-22/h7-8,12,17,21-22H,2-6,9-11,13-14,20H2,1H3. The summed E-state index contributed by atoms with van der Waals surface area (Å²) in [5, 5.41) is 18.9. The second-order valence-corrected chi connectivity index (χ2v) is 6.85. The highest BCUT2D eigenvalue weighted by Crippen LogP contribution is 2.34. The third kappa shape index (κ3) is 4.69.